The molecule has 1 unspecified atom stereocenters. The lowest BCUT2D eigenvalue weighted by Gasteiger charge is -2.25. The van der Waals surface area contributed by atoms with Crippen molar-refractivity contribution in [2.45, 2.75) is 13.0 Å². The van der Waals surface area contributed by atoms with Crippen LogP contribution in [-0.4, -0.2) is 21.9 Å². The first-order valence-corrected chi connectivity index (χ1v) is 10.6. The second-order valence-corrected chi connectivity index (χ2v) is 8.44. The smallest absolute Gasteiger partial charge is 0.300 e. The van der Waals surface area contributed by atoms with Crippen molar-refractivity contribution < 1.29 is 19.8 Å². The summed E-state index contributed by atoms with van der Waals surface area (Å²) >= 11 is 9.54. The van der Waals surface area contributed by atoms with Crippen LogP contribution in [0.25, 0.3) is 5.76 Å². The quantitative estimate of drug-likeness (QED) is 0.274. The molecule has 3 aromatic carbocycles. The number of carbonyl (C=O) groups excluding carboxylic acids is 2. The molecule has 5 nitrogen and oxygen atoms in total. The van der Waals surface area contributed by atoms with Gasteiger partial charge in [-0.1, -0.05) is 57.9 Å². The molecule has 0 aromatic heterocycles. The van der Waals surface area contributed by atoms with Crippen LogP contribution in [0, 0.1) is 6.92 Å². The highest BCUT2D eigenvalue weighted by molar-refractivity contribution is 9.10. The summed E-state index contributed by atoms with van der Waals surface area (Å²) in [6.07, 6.45) is 0. The Balaban J connectivity index is 1.97. The molecule has 0 bridgehead atoms. The van der Waals surface area contributed by atoms with Crippen LogP contribution >= 0.6 is 27.5 Å². The second kappa shape index (κ2) is 8.21. The SMILES string of the molecule is Cc1cc(/C(O)=C2/C(=O)C(=O)N(c3ccccc3)C2c2ccc(O)c(Cl)c2)ccc1Br. The van der Waals surface area contributed by atoms with Crippen molar-refractivity contribution in [1.82, 2.24) is 0 Å². The van der Waals surface area contributed by atoms with Gasteiger partial charge in [0.1, 0.15) is 11.5 Å². The number of aliphatic hydroxyl groups is 1. The minimum Gasteiger partial charge on any atom is -0.507 e. The largest absolute Gasteiger partial charge is 0.507 e. The molecule has 31 heavy (non-hydrogen) atoms. The van der Waals surface area contributed by atoms with Crippen LogP contribution in [-0.2, 0) is 9.59 Å². The van der Waals surface area contributed by atoms with Gasteiger partial charge in [0, 0.05) is 15.7 Å². The Bertz CT molecular complexity index is 1240. The van der Waals surface area contributed by atoms with Crippen LogP contribution in [0.3, 0.4) is 0 Å². The molecule has 0 aliphatic carbocycles. The molecule has 1 heterocycles. The zero-order valence-electron chi connectivity index (χ0n) is 16.3. The zero-order valence-corrected chi connectivity index (χ0v) is 18.7. The Morgan fingerprint density at radius 2 is 1.74 bits per heavy atom. The Labute approximate surface area is 192 Å². The van der Waals surface area contributed by atoms with E-state index < -0.39 is 17.7 Å². The number of amides is 1. The van der Waals surface area contributed by atoms with Gasteiger partial charge in [-0.25, -0.2) is 0 Å². The number of aromatic hydroxyl groups is 1. The van der Waals surface area contributed by atoms with E-state index in [0.717, 1.165) is 10.0 Å². The lowest BCUT2D eigenvalue weighted by Crippen LogP contribution is -2.29. The Kier molecular flexibility index (Phi) is 5.60. The second-order valence-electron chi connectivity index (χ2n) is 7.18. The van der Waals surface area contributed by atoms with E-state index in [1.807, 2.05) is 6.92 Å². The van der Waals surface area contributed by atoms with E-state index in [-0.39, 0.29) is 22.1 Å². The van der Waals surface area contributed by atoms with Gasteiger partial charge in [0.05, 0.1) is 16.6 Å². The summed E-state index contributed by atoms with van der Waals surface area (Å²) in [5.41, 5.74) is 2.23. The van der Waals surface area contributed by atoms with Crippen molar-refractivity contribution in [3.8, 4) is 5.75 Å². The molecule has 0 spiro atoms. The minimum atomic E-state index is -0.913. The van der Waals surface area contributed by atoms with Gasteiger partial charge < -0.3 is 10.2 Å². The summed E-state index contributed by atoms with van der Waals surface area (Å²) in [7, 11) is 0. The molecule has 156 valence electrons. The molecule has 1 aliphatic heterocycles. The maximum absolute atomic E-state index is 13.1. The first-order valence-electron chi connectivity index (χ1n) is 9.40. The van der Waals surface area contributed by atoms with Gasteiger partial charge >= 0.3 is 0 Å². The third kappa shape index (κ3) is 3.73. The van der Waals surface area contributed by atoms with Crippen LogP contribution in [0.4, 0.5) is 5.69 Å². The summed E-state index contributed by atoms with van der Waals surface area (Å²) in [4.78, 5) is 27.5. The Hall–Kier alpha value is -3.09. The number of anilines is 1. The third-order valence-corrected chi connectivity index (χ3v) is 6.39. The Morgan fingerprint density at radius 1 is 1.03 bits per heavy atom. The molecule has 2 N–H and O–H groups in total. The van der Waals surface area contributed by atoms with Gasteiger partial charge in [0.15, 0.2) is 0 Å². The molecular formula is C24H17BrClNO4. The fourth-order valence-electron chi connectivity index (χ4n) is 3.64. The molecule has 1 fully saturated rings. The number of Topliss-reactive ketones (excluding diaryl/α,β-unsaturated/α-hetero) is 1. The number of ketones is 1. The molecule has 4 rings (SSSR count). The molecule has 0 saturated carbocycles. The van der Waals surface area contributed by atoms with Crippen molar-refractivity contribution in [1.29, 1.82) is 0 Å². The average Bonchev–Trinajstić information content (AvgIpc) is 3.03. The monoisotopic (exact) mass is 497 g/mol. The van der Waals surface area contributed by atoms with Crippen molar-refractivity contribution in [2.24, 2.45) is 0 Å². The van der Waals surface area contributed by atoms with E-state index in [9.17, 15) is 19.8 Å². The molecule has 0 radical (unpaired) electrons. The minimum absolute atomic E-state index is 0.0441. The number of nitrogens with zero attached hydrogens (tertiary/aromatic N) is 1. The van der Waals surface area contributed by atoms with E-state index in [1.54, 1.807) is 54.6 Å². The number of hydrogen-bond acceptors (Lipinski definition) is 4. The summed E-state index contributed by atoms with van der Waals surface area (Å²) < 4.78 is 0.857. The van der Waals surface area contributed by atoms with Crippen molar-refractivity contribution in [2.75, 3.05) is 4.90 Å². The summed E-state index contributed by atoms with van der Waals surface area (Å²) in [6.45, 7) is 1.86. The van der Waals surface area contributed by atoms with Gasteiger partial charge in [-0.2, -0.15) is 0 Å². The van der Waals surface area contributed by atoms with Crippen LogP contribution in [0.15, 0.2) is 76.8 Å². The summed E-state index contributed by atoms with van der Waals surface area (Å²) in [5.74, 6) is -1.95. The summed E-state index contributed by atoms with van der Waals surface area (Å²) in [5, 5.41) is 21.0. The van der Waals surface area contributed by atoms with E-state index in [1.165, 1.54) is 17.0 Å². The van der Waals surface area contributed by atoms with E-state index in [0.29, 0.717) is 16.8 Å². The lowest BCUT2D eigenvalue weighted by atomic mass is 9.94. The van der Waals surface area contributed by atoms with Gasteiger partial charge in [-0.05, 0) is 54.4 Å². The number of phenolic OH excluding ortho intramolecular Hbond substituents is 1. The Morgan fingerprint density at radius 3 is 2.39 bits per heavy atom. The van der Waals surface area contributed by atoms with Gasteiger partial charge in [0.25, 0.3) is 11.7 Å². The summed E-state index contributed by atoms with van der Waals surface area (Å²) in [6, 6.07) is 17.5. The number of benzene rings is 3. The number of phenols is 1. The molecule has 7 heteroatoms. The van der Waals surface area contributed by atoms with Crippen LogP contribution in [0.1, 0.15) is 22.7 Å². The highest BCUT2D eigenvalue weighted by Gasteiger charge is 2.47. The average molecular weight is 499 g/mol. The number of carbonyl (C=O) groups is 2. The van der Waals surface area contributed by atoms with Crippen molar-refractivity contribution >= 4 is 50.7 Å². The predicted octanol–water partition coefficient (Wildman–Crippen LogP) is 5.74. The van der Waals surface area contributed by atoms with E-state index in [2.05, 4.69) is 15.9 Å². The standard InChI is InChI=1S/C24H17BrClNO4/c1-13-11-15(7-9-17(13)25)22(29)20-21(14-8-10-19(28)18(26)12-14)27(24(31)23(20)30)16-5-3-2-4-6-16/h2-12,21,28-29H,1H3/b22-20-. The maximum Gasteiger partial charge on any atom is 0.300 e. The maximum atomic E-state index is 13.1. The molecule has 1 amide bonds. The molecule has 3 aromatic rings. The number of halogens is 2. The van der Waals surface area contributed by atoms with E-state index in [4.69, 9.17) is 11.6 Å². The molecule has 1 saturated heterocycles. The number of aryl methyl sites for hydroxylation is 1. The molecular weight excluding hydrogens is 482 g/mol. The van der Waals surface area contributed by atoms with Gasteiger partial charge in [-0.3, -0.25) is 14.5 Å². The fraction of sp³-hybridized carbons (Fsp3) is 0.0833. The van der Waals surface area contributed by atoms with E-state index >= 15 is 0 Å². The number of para-hydroxylation sites is 1. The lowest BCUT2D eigenvalue weighted by molar-refractivity contribution is -0.132. The normalized spacial score (nSPS) is 17.9. The van der Waals surface area contributed by atoms with Crippen LogP contribution in [0.2, 0.25) is 5.02 Å². The number of aliphatic hydroxyl groups excluding tert-OH is 1. The predicted molar refractivity (Wildman–Crippen MR) is 123 cm³/mol. The topological polar surface area (TPSA) is 77.8 Å². The highest BCUT2D eigenvalue weighted by atomic mass is 79.9. The third-order valence-electron chi connectivity index (χ3n) is 5.20. The van der Waals surface area contributed by atoms with Gasteiger partial charge in [-0.15, -0.1) is 0 Å². The number of hydrogen-bond donors (Lipinski definition) is 2. The fourth-order valence-corrected chi connectivity index (χ4v) is 4.08. The molecule has 1 atom stereocenters. The van der Waals surface area contributed by atoms with Gasteiger partial charge in [0.2, 0.25) is 0 Å². The van der Waals surface area contributed by atoms with Crippen LogP contribution in [0.5, 0.6) is 5.75 Å². The zero-order chi connectivity index (χ0) is 22.3. The highest BCUT2D eigenvalue weighted by Crippen LogP contribution is 2.43. The first-order chi connectivity index (χ1) is 14.8. The van der Waals surface area contributed by atoms with Crippen molar-refractivity contribution in [3.63, 3.8) is 0 Å². The van der Waals surface area contributed by atoms with Crippen LogP contribution < -0.4 is 4.90 Å². The first kappa shape index (κ1) is 21.2. The number of rotatable bonds is 3. The van der Waals surface area contributed by atoms with Crippen molar-refractivity contribution in [3.05, 3.63) is 98.5 Å². The molecule has 1 aliphatic rings.